The van der Waals surface area contributed by atoms with E-state index in [1.54, 1.807) is 4.80 Å². The second-order valence-corrected chi connectivity index (χ2v) is 13.4. The Morgan fingerprint density at radius 2 is 1.07 bits per heavy atom. The molecule has 11 aromatic rings. The van der Waals surface area contributed by atoms with Crippen molar-refractivity contribution in [3.05, 3.63) is 170 Å². The zero-order valence-corrected chi connectivity index (χ0v) is 28.8. The lowest BCUT2D eigenvalue weighted by molar-refractivity contribution is 0.669. The summed E-state index contributed by atoms with van der Waals surface area (Å²) in [5.41, 5.74) is 9.12. The molecule has 0 amide bonds. The van der Waals surface area contributed by atoms with Gasteiger partial charge in [0.25, 0.3) is 0 Å². The van der Waals surface area contributed by atoms with Crippen molar-refractivity contribution < 1.29 is 4.42 Å². The first-order valence-electron chi connectivity index (χ1n) is 17.8. The normalized spacial score (nSPS) is 11.7. The standard InChI is InChI=1S/C47H28N6O/c1-3-11-29(12-4-1)31-13-9-14-33(27-31)45-48-46(50-47(49-45)38-18-10-20-41-43(38)37-17-7-8-19-40(37)54-41)34-23-25-36-32(28-34)22-21-30-24-26-39-44(42(30)36)52-53(51-39)35-15-5-2-6-16-35/h1-28H. The number of aromatic nitrogens is 6. The van der Waals surface area contributed by atoms with Gasteiger partial charge in [-0.15, -0.1) is 10.2 Å². The van der Waals surface area contributed by atoms with E-state index in [1.165, 1.54) is 0 Å². The molecule has 54 heavy (non-hydrogen) atoms. The molecule has 0 aliphatic carbocycles. The number of nitrogens with zero attached hydrogens (tertiary/aromatic N) is 6. The van der Waals surface area contributed by atoms with E-state index in [0.717, 1.165) is 88.0 Å². The van der Waals surface area contributed by atoms with Crippen molar-refractivity contribution in [2.24, 2.45) is 0 Å². The van der Waals surface area contributed by atoms with Crippen LogP contribution in [0.3, 0.4) is 0 Å². The molecule has 0 fully saturated rings. The van der Waals surface area contributed by atoms with Crippen LogP contribution in [0.2, 0.25) is 0 Å². The Kier molecular flexibility index (Phi) is 6.72. The Hall–Kier alpha value is -7.51. The Bertz CT molecular complexity index is 3220. The molecule has 0 radical (unpaired) electrons. The average molecular weight is 693 g/mol. The van der Waals surface area contributed by atoms with E-state index in [0.29, 0.717) is 17.5 Å². The van der Waals surface area contributed by atoms with Crippen LogP contribution in [0.15, 0.2) is 174 Å². The first-order valence-corrected chi connectivity index (χ1v) is 17.8. The smallest absolute Gasteiger partial charge is 0.164 e. The molecule has 11 rings (SSSR count). The largest absolute Gasteiger partial charge is 0.456 e. The fraction of sp³-hybridized carbons (Fsp3) is 0. The van der Waals surface area contributed by atoms with Crippen molar-refractivity contribution in [2.45, 2.75) is 0 Å². The van der Waals surface area contributed by atoms with E-state index < -0.39 is 0 Å². The van der Waals surface area contributed by atoms with Gasteiger partial charge in [-0.05, 0) is 69.8 Å². The van der Waals surface area contributed by atoms with Crippen molar-refractivity contribution in [1.82, 2.24) is 29.9 Å². The third-order valence-corrected chi connectivity index (χ3v) is 10.1. The third kappa shape index (κ3) is 4.94. The number of furan rings is 1. The maximum Gasteiger partial charge on any atom is 0.164 e. The number of fused-ring (bicyclic) bond motifs is 8. The molecule has 0 N–H and O–H groups in total. The Balaban J connectivity index is 1.11. The second kappa shape index (κ2) is 12.0. The van der Waals surface area contributed by atoms with Crippen molar-refractivity contribution in [2.75, 3.05) is 0 Å². The van der Waals surface area contributed by atoms with Crippen molar-refractivity contribution in [3.8, 4) is 51.0 Å². The predicted molar refractivity (Wildman–Crippen MR) is 216 cm³/mol. The highest BCUT2D eigenvalue weighted by atomic mass is 16.3. The number of hydrogen-bond acceptors (Lipinski definition) is 6. The topological polar surface area (TPSA) is 82.5 Å². The number of rotatable bonds is 5. The Morgan fingerprint density at radius 1 is 0.407 bits per heavy atom. The van der Waals surface area contributed by atoms with Crippen molar-refractivity contribution >= 4 is 54.5 Å². The van der Waals surface area contributed by atoms with E-state index in [1.807, 2.05) is 72.8 Å². The molecule has 3 aromatic heterocycles. The van der Waals surface area contributed by atoms with Crippen LogP contribution in [0.1, 0.15) is 0 Å². The SMILES string of the molecule is c1ccc(-c2cccc(-c3nc(-c4ccc5c(ccc6ccc7nn(-c8ccccc8)nc7c65)c4)nc(-c4cccc5oc6ccccc6c45)n3)c2)cc1. The summed E-state index contributed by atoms with van der Waals surface area (Å²) in [5, 5.41) is 16.1. The van der Waals surface area contributed by atoms with Gasteiger partial charge in [0.05, 0.1) is 5.69 Å². The van der Waals surface area contributed by atoms with Gasteiger partial charge in [0.1, 0.15) is 22.2 Å². The molecule has 7 heteroatoms. The molecule has 0 saturated heterocycles. The second-order valence-electron chi connectivity index (χ2n) is 13.4. The lowest BCUT2D eigenvalue weighted by atomic mass is 9.98. The van der Waals surface area contributed by atoms with Crippen LogP contribution in [0.25, 0.3) is 105 Å². The third-order valence-electron chi connectivity index (χ3n) is 10.1. The maximum atomic E-state index is 6.27. The van der Waals surface area contributed by atoms with Gasteiger partial charge in [-0.2, -0.15) is 4.80 Å². The highest BCUT2D eigenvalue weighted by molar-refractivity contribution is 6.18. The molecule has 8 aromatic carbocycles. The summed E-state index contributed by atoms with van der Waals surface area (Å²) in [6, 6.07) is 57.7. The van der Waals surface area contributed by atoms with Crippen molar-refractivity contribution in [3.63, 3.8) is 0 Å². The zero-order valence-electron chi connectivity index (χ0n) is 28.8. The van der Waals surface area contributed by atoms with Crippen LogP contribution >= 0.6 is 0 Å². The molecule has 0 aliphatic heterocycles. The van der Waals surface area contributed by atoms with E-state index in [-0.39, 0.29) is 0 Å². The molecular formula is C47H28N6O. The molecular weight excluding hydrogens is 665 g/mol. The lowest BCUT2D eigenvalue weighted by Crippen LogP contribution is -2.00. The summed E-state index contributed by atoms with van der Waals surface area (Å²) < 4.78 is 6.27. The van der Waals surface area contributed by atoms with Gasteiger partial charge in [-0.1, -0.05) is 127 Å². The number of hydrogen-bond donors (Lipinski definition) is 0. The molecule has 0 atom stereocenters. The molecule has 0 spiro atoms. The first-order chi connectivity index (χ1) is 26.7. The fourth-order valence-electron chi connectivity index (χ4n) is 7.53. The minimum Gasteiger partial charge on any atom is -0.456 e. The van der Waals surface area contributed by atoms with Gasteiger partial charge in [-0.3, -0.25) is 0 Å². The highest BCUT2D eigenvalue weighted by Gasteiger charge is 2.19. The Labute approximate surface area is 308 Å². The van der Waals surface area contributed by atoms with Gasteiger partial charge < -0.3 is 4.42 Å². The van der Waals surface area contributed by atoms with Gasteiger partial charge in [0.2, 0.25) is 0 Å². The number of para-hydroxylation sites is 2. The summed E-state index contributed by atoms with van der Waals surface area (Å²) in [6.45, 7) is 0. The fourth-order valence-corrected chi connectivity index (χ4v) is 7.53. The first kappa shape index (κ1) is 30.1. The molecule has 7 nitrogen and oxygen atoms in total. The monoisotopic (exact) mass is 692 g/mol. The summed E-state index contributed by atoms with van der Waals surface area (Å²) in [5.74, 6) is 1.76. The minimum atomic E-state index is 0.579. The molecule has 0 bridgehead atoms. The van der Waals surface area contributed by atoms with Crippen molar-refractivity contribution in [1.29, 1.82) is 0 Å². The highest BCUT2D eigenvalue weighted by Crippen LogP contribution is 2.38. The minimum absolute atomic E-state index is 0.579. The van der Waals surface area contributed by atoms with Gasteiger partial charge >= 0.3 is 0 Å². The zero-order chi connectivity index (χ0) is 35.6. The predicted octanol–water partition coefficient (Wildman–Crippen LogP) is 11.5. The van der Waals surface area contributed by atoms with E-state index in [4.69, 9.17) is 29.6 Å². The molecule has 0 saturated carbocycles. The number of benzene rings is 8. The van der Waals surface area contributed by atoms with Crippen LogP contribution in [0, 0.1) is 0 Å². The van der Waals surface area contributed by atoms with Crippen LogP contribution in [-0.4, -0.2) is 29.9 Å². The van der Waals surface area contributed by atoms with E-state index >= 15 is 0 Å². The van der Waals surface area contributed by atoms with Gasteiger partial charge in [0, 0.05) is 32.8 Å². The Morgan fingerprint density at radius 3 is 1.94 bits per heavy atom. The quantitative estimate of drug-likeness (QED) is 0.167. The van der Waals surface area contributed by atoms with Gasteiger partial charge in [-0.25, -0.2) is 15.0 Å². The van der Waals surface area contributed by atoms with E-state index in [2.05, 4.69) is 97.1 Å². The molecule has 0 unspecified atom stereocenters. The van der Waals surface area contributed by atoms with Crippen LogP contribution < -0.4 is 0 Å². The maximum absolute atomic E-state index is 6.27. The van der Waals surface area contributed by atoms with Crippen LogP contribution in [-0.2, 0) is 0 Å². The van der Waals surface area contributed by atoms with Crippen LogP contribution in [0.5, 0.6) is 0 Å². The summed E-state index contributed by atoms with van der Waals surface area (Å²) in [4.78, 5) is 17.2. The molecule has 252 valence electrons. The molecule has 0 aliphatic rings. The van der Waals surface area contributed by atoms with Gasteiger partial charge in [0.15, 0.2) is 17.5 Å². The lowest BCUT2D eigenvalue weighted by Gasteiger charge is -2.11. The summed E-state index contributed by atoms with van der Waals surface area (Å²) in [6.07, 6.45) is 0. The van der Waals surface area contributed by atoms with E-state index in [9.17, 15) is 0 Å². The van der Waals surface area contributed by atoms with Crippen LogP contribution in [0.4, 0.5) is 0 Å². The average Bonchev–Trinajstić information content (AvgIpc) is 3.86. The summed E-state index contributed by atoms with van der Waals surface area (Å²) >= 11 is 0. The molecule has 3 heterocycles. The summed E-state index contributed by atoms with van der Waals surface area (Å²) in [7, 11) is 0.